The van der Waals surface area contributed by atoms with Crippen molar-refractivity contribution in [1.29, 1.82) is 0 Å². The zero-order valence-electron chi connectivity index (χ0n) is 13.9. The number of ether oxygens (including phenoxy) is 1. The van der Waals surface area contributed by atoms with Gasteiger partial charge in [-0.25, -0.2) is 0 Å². The van der Waals surface area contributed by atoms with E-state index in [9.17, 15) is 9.59 Å². The first-order valence-corrected chi connectivity index (χ1v) is 7.11. The second-order valence-corrected chi connectivity index (χ2v) is 6.39. The lowest BCUT2D eigenvalue weighted by Gasteiger charge is -2.24. The molecule has 0 aliphatic heterocycles. The number of allylic oxidation sites excluding steroid dienone is 1. The average Bonchev–Trinajstić information content (AvgIpc) is 2.25. The van der Waals surface area contributed by atoms with E-state index >= 15 is 0 Å². The summed E-state index contributed by atoms with van der Waals surface area (Å²) in [7, 11) is 1.60. The van der Waals surface area contributed by atoms with E-state index in [1.165, 1.54) is 6.92 Å². The Hall–Kier alpha value is -1.32. The Morgan fingerprint density at radius 1 is 1.25 bits per heavy atom. The third kappa shape index (κ3) is 7.31. The summed E-state index contributed by atoms with van der Waals surface area (Å²) in [6.45, 7) is 11.1. The predicted molar refractivity (Wildman–Crippen MR) is 81.2 cm³/mol. The summed E-state index contributed by atoms with van der Waals surface area (Å²) in [5.41, 5.74) is -0.458. The molecule has 0 aliphatic rings. The number of ketones is 1. The quantitative estimate of drug-likeness (QED) is 0.696. The molecule has 0 rings (SSSR count). The van der Waals surface area contributed by atoms with Crippen molar-refractivity contribution in [2.45, 2.75) is 60.4 Å². The van der Waals surface area contributed by atoms with Crippen LogP contribution in [0.3, 0.4) is 0 Å². The van der Waals surface area contributed by atoms with Gasteiger partial charge in [-0.05, 0) is 25.3 Å². The first-order valence-electron chi connectivity index (χ1n) is 7.11. The number of nitrogens with one attached hydrogen (secondary N) is 1. The second kappa shape index (κ2) is 8.08. The van der Waals surface area contributed by atoms with Gasteiger partial charge in [0.05, 0.1) is 18.9 Å². The Kier molecular flexibility index (Phi) is 7.54. The van der Waals surface area contributed by atoms with Gasteiger partial charge in [-0.1, -0.05) is 27.7 Å². The van der Waals surface area contributed by atoms with Crippen molar-refractivity contribution in [2.75, 3.05) is 7.11 Å². The van der Waals surface area contributed by atoms with Crippen LogP contribution in [0.5, 0.6) is 0 Å². The summed E-state index contributed by atoms with van der Waals surface area (Å²) in [4.78, 5) is 22.9. The van der Waals surface area contributed by atoms with Crippen LogP contribution in [0.4, 0.5) is 0 Å². The number of Topliss-reactive ketones (excluding diaryl/α,β-unsaturated/α-hetero) is 1. The van der Waals surface area contributed by atoms with Crippen LogP contribution in [-0.2, 0) is 14.3 Å². The summed E-state index contributed by atoms with van der Waals surface area (Å²) in [5.74, 6) is 1.26. The SMILES string of the molecule is CO/C(=C\C(CC(C)C)NC(C)=O)CC(C)(C)C(C)=O. The van der Waals surface area contributed by atoms with Crippen LogP contribution < -0.4 is 5.32 Å². The third-order valence-electron chi connectivity index (χ3n) is 3.33. The standard InChI is InChI=1S/C16H29NO3/c1-11(2)8-14(17-13(4)19)9-15(20-7)10-16(5,6)12(3)18/h9,11,14H,8,10H2,1-7H3,(H,17,19)/b15-9-. The molecule has 116 valence electrons. The molecule has 4 heteroatoms. The first kappa shape index (κ1) is 18.7. The zero-order chi connectivity index (χ0) is 15.9. The molecule has 0 aromatic carbocycles. The maximum Gasteiger partial charge on any atom is 0.217 e. The number of hydrogen-bond acceptors (Lipinski definition) is 3. The molecule has 0 aromatic rings. The van der Waals surface area contributed by atoms with Crippen LogP contribution in [0.2, 0.25) is 0 Å². The van der Waals surface area contributed by atoms with Crippen molar-refractivity contribution in [3.63, 3.8) is 0 Å². The molecular formula is C16H29NO3. The second-order valence-electron chi connectivity index (χ2n) is 6.39. The average molecular weight is 283 g/mol. The van der Waals surface area contributed by atoms with E-state index < -0.39 is 5.41 Å². The van der Waals surface area contributed by atoms with Gasteiger partial charge in [0.25, 0.3) is 0 Å². The summed E-state index contributed by atoms with van der Waals surface area (Å²) in [5, 5.41) is 2.91. The Balaban J connectivity index is 5.03. The smallest absolute Gasteiger partial charge is 0.217 e. The number of hydrogen-bond donors (Lipinski definition) is 1. The molecule has 0 aromatic heterocycles. The van der Waals surface area contributed by atoms with E-state index in [1.54, 1.807) is 14.0 Å². The lowest BCUT2D eigenvalue weighted by molar-refractivity contribution is -0.125. The molecule has 1 unspecified atom stereocenters. The predicted octanol–water partition coefficient (Wildman–Crippen LogP) is 3.07. The maximum atomic E-state index is 11.6. The van der Waals surface area contributed by atoms with Crippen LogP contribution in [0, 0.1) is 11.3 Å². The van der Waals surface area contributed by atoms with Crippen molar-refractivity contribution >= 4 is 11.7 Å². The van der Waals surface area contributed by atoms with Gasteiger partial charge in [-0.3, -0.25) is 9.59 Å². The topological polar surface area (TPSA) is 55.4 Å². The fraction of sp³-hybridized carbons (Fsp3) is 0.750. The molecule has 0 radical (unpaired) electrons. The molecule has 4 nitrogen and oxygen atoms in total. The molecule has 0 spiro atoms. The minimum atomic E-state index is -0.458. The van der Waals surface area contributed by atoms with Gasteiger partial charge in [0.2, 0.25) is 5.91 Å². The van der Waals surface area contributed by atoms with Gasteiger partial charge < -0.3 is 10.1 Å². The third-order valence-corrected chi connectivity index (χ3v) is 3.33. The van der Waals surface area contributed by atoms with E-state index in [1.807, 2.05) is 19.9 Å². The van der Waals surface area contributed by atoms with E-state index in [0.717, 1.165) is 12.2 Å². The van der Waals surface area contributed by atoms with Crippen molar-refractivity contribution in [3.8, 4) is 0 Å². The molecule has 1 N–H and O–H groups in total. The molecule has 0 saturated heterocycles. The molecule has 0 fully saturated rings. The summed E-state index contributed by atoms with van der Waals surface area (Å²) >= 11 is 0. The van der Waals surface area contributed by atoms with Crippen LogP contribution in [-0.4, -0.2) is 24.8 Å². The highest BCUT2D eigenvalue weighted by atomic mass is 16.5. The van der Waals surface area contributed by atoms with E-state index in [4.69, 9.17) is 4.74 Å². The normalized spacial score (nSPS) is 14.1. The van der Waals surface area contributed by atoms with Gasteiger partial charge in [0, 0.05) is 18.8 Å². The number of carbonyl (C=O) groups excluding carboxylic acids is 2. The molecule has 0 heterocycles. The Morgan fingerprint density at radius 3 is 2.15 bits per heavy atom. The van der Waals surface area contributed by atoms with Crippen LogP contribution in [0.15, 0.2) is 11.8 Å². The molecule has 0 aliphatic carbocycles. The molecule has 0 saturated carbocycles. The van der Waals surface area contributed by atoms with Gasteiger partial charge >= 0.3 is 0 Å². The zero-order valence-corrected chi connectivity index (χ0v) is 13.9. The maximum absolute atomic E-state index is 11.6. The van der Waals surface area contributed by atoms with Crippen molar-refractivity contribution in [3.05, 3.63) is 11.8 Å². The Morgan fingerprint density at radius 2 is 1.80 bits per heavy atom. The molecule has 0 bridgehead atoms. The molecule has 1 amide bonds. The van der Waals surface area contributed by atoms with E-state index in [-0.39, 0.29) is 17.7 Å². The van der Waals surface area contributed by atoms with Gasteiger partial charge in [0.1, 0.15) is 5.78 Å². The van der Waals surface area contributed by atoms with E-state index in [0.29, 0.717) is 12.3 Å². The first-order chi connectivity index (χ1) is 9.08. The minimum Gasteiger partial charge on any atom is -0.501 e. The van der Waals surface area contributed by atoms with Crippen molar-refractivity contribution in [2.24, 2.45) is 11.3 Å². The largest absolute Gasteiger partial charge is 0.501 e. The van der Waals surface area contributed by atoms with Gasteiger partial charge in [0.15, 0.2) is 0 Å². The molecule has 1 atom stereocenters. The number of amides is 1. The number of methoxy groups -OCH3 is 1. The van der Waals surface area contributed by atoms with Crippen LogP contribution >= 0.6 is 0 Å². The highest BCUT2D eigenvalue weighted by Gasteiger charge is 2.26. The summed E-state index contributed by atoms with van der Waals surface area (Å²) in [6, 6.07) is -0.0646. The van der Waals surface area contributed by atoms with Crippen molar-refractivity contribution < 1.29 is 14.3 Å². The Bertz CT molecular complexity index is 370. The number of carbonyl (C=O) groups is 2. The summed E-state index contributed by atoms with van der Waals surface area (Å²) < 4.78 is 5.39. The fourth-order valence-electron chi connectivity index (χ4n) is 1.92. The molecular weight excluding hydrogens is 254 g/mol. The van der Waals surface area contributed by atoms with E-state index in [2.05, 4.69) is 19.2 Å². The minimum absolute atomic E-state index is 0.0619. The van der Waals surface area contributed by atoms with Crippen LogP contribution in [0.25, 0.3) is 0 Å². The molecule has 20 heavy (non-hydrogen) atoms. The fourth-order valence-corrected chi connectivity index (χ4v) is 1.92. The van der Waals surface area contributed by atoms with Gasteiger partial charge in [-0.15, -0.1) is 0 Å². The number of rotatable bonds is 8. The van der Waals surface area contributed by atoms with Crippen LogP contribution in [0.1, 0.15) is 54.4 Å². The van der Waals surface area contributed by atoms with Gasteiger partial charge in [-0.2, -0.15) is 0 Å². The Labute approximate surface area is 123 Å². The summed E-state index contributed by atoms with van der Waals surface area (Å²) in [6.07, 6.45) is 3.30. The lowest BCUT2D eigenvalue weighted by Crippen LogP contribution is -2.33. The highest BCUT2D eigenvalue weighted by molar-refractivity contribution is 5.81. The lowest BCUT2D eigenvalue weighted by atomic mass is 9.84. The monoisotopic (exact) mass is 283 g/mol. The highest BCUT2D eigenvalue weighted by Crippen LogP contribution is 2.27. The van der Waals surface area contributed by atoms with Crippen molar-refractivity contribution in [1.82, 2.24) is 5.32 Å².